The number of nitrogens with one attached hydrogen (secondary N) is 1. The zero-order chi connectivity index (χ0) is 13.2. The van der Waals surface area contributed by atoms with Crippen molar-refractivity contribution in [2.75, 3.05) is 0 Å². The summed E-state index contributed by atoms with van der Waals surface area (Å²) in [5.74, 6) is 0.780. The number of halogens is 1. The maximum absolute atomic E-state index is 6.19. The molecular formula is C15H12ClN3. The Morgan fingerprint density at radius 1 is 1.11 bits per heavy atom. The molecule has 1 aromatic carbocycles. The monoisotopic (exact) mass is 269 g/mol. The van der Waals surface area contributed by atoms with Crippen molar-refractivity contribution >= 4 is 11.6 Å². The minimum absolute atomic E-state index is 0.689. The van der Waals surface area contributed by atoms with Crippen molar-refractivity contribution in [2.45, 2.75) is 6.92 Å². The van der Waals surface area contributed by atoms with Crippen molar-refractivity contribution < 1.29 is 0 Å². The van der Waals surface area contributed by atoms with Crippen LogP contribution in [-0.2, 0) is 0 Å². The van der Waals surface area contributed by atoms with Gasteiger partial charge in [-0.1, -0.05) is 23.7 Å². The normalized spacial score (nSPS) is 10.6. The summed E-state index contributed by atoms with van der Waals surface area (Å²) in [4.78, 5) is 12.0. The molecule has 0 amide bonds. The molecular weight excluding hydrogens is 258 g/mol. The van der Waals surface area contributed by atoms with Gasteiger partial charge in [-0.3, -0.25) is 4.98 Å². The maximum Gasteiger partial charge on any atom is 0.139 e. The van der Waals surface area contributed by atoms with Gasteiger partial charge in [0.25, 0.3) is 0 Å². The highest BCUT2D eigenvalue weighted by molar-refractivity contribution is 6.33. The zero-order valence-corrected chi connectivity index (χ0v) is 11.1. The lowest BCUT2D eigenvalue weighted by Gasteiger charge is -1.99. The van der Waals surface area contributed by atoms with Gasteiger partial charge in [0.1, 0.15) is 5.82 Å². The molecule has 0 saturated carbocycles. The fourth-order valence-electron chi connectivity index (χ4n) is 2.03. The Morgan fingerprint density at radius 2 is 1.95 bits per heavy atom. The number of aryl methyl sites for hydroxylation is 1. The van der Waals surface area contributed by atoms with E-state index in [9.17, 15) is 0 Å². The van der Waals surface area contributed by atoms with Crippen molar-refractivity contribution in [2.24, 2.45) is 0 Å². The van der Waals surface area contributed by atoms with Crippen molar-refractivity contribution in [3.63, 3.8) is 0 Å². The van der Waals surface area contributed by atoms with Gasteiger partial charge >= 0.3 is 0 Å². The third kappa shape index (κ3) is 2.25. The van der Waals surface area contributed by atoms with Gasteiger partial charge in [0.2, 0.25) is 0 Å². The highest BCUT2D eigenvalue weighted by Gasteiger charge is 2.11. The van der Waals surface area contributed by atoms with Crippen LogP contribution >= 0.6 is 11.6 Å². The van der Waals surface area contributed by atoms with Crippen LogP contribution in [-0.4, -0.2) is 15.0 Å². The molecule has 19 heavy (non-hydrogen) atoms. The molecule has 3 rings (SSSR count). The van der Waals surface area contributed by atoms with Gasteiger partial charge in [0, 0.05) is 23.5 Å². The van der Waals surface area contributed by atoms with Crippen molar-refractivity contribution in [3.8, 4) is 22.6 Å². The van der Waals surface area contributed by atoms with E-state index < -0.39 is 0 Å². The van der Waals surface area contributed by atoms with E-state index in [-0.39, 0.29) is 0 Å². The van der Waals surface area contributed by atoms with Crippen molar-refractivity contribution in [1.29, 1.82) is 0 Å². The molecule has 0 radical (unpaired) electrons. The minimum atomic E-state index is 0.689. The molecule has 2 heterocycles. The number of hydrogen-bond donors (Lipinski definition) is 1. The lowest BCUT2D eigenvalue weighted by Crippen LogP contribution is -1.83. The van der Waals surface area contributed by atoms with E-state index in [1.165, 1.54) is 0 Å². The predicted molar refractivity (Wildman–Crippen MR) is 77.0 cm³/mol. The molecule has 3 aromatic rings. The summed E-state index contributed by atoms with van der Waals surface area (Å²) in [5, 5.41) is 0.689. The fourth-order valence-corrected chi connectivity index (χ4v) is 2.26. The number of pyridine rings is 1. The molecule has 0 aliphatic heterocycles. The van der Waals surface area contributed by atoms with Gasteiger partial charge in [-0.2, -0.15) is 0 Å². The number of benzene rings is 1. The molecule has 94 valence electrons. The lowest BCUT2D eigenvalue weighted by atomic mass is 10.2. The van der Waals surface area contributed by atoms with Crippen molar-refractivity contribution in [1.82, 2.24) is 15.0 Å². The first-order valence-electron chi connectivity index (χ1n) is 5.97. The van der Waals surface area contributed by atoms with E-state index in [0.717, 1.165) is 28.3 Å². The zero-order valence-electron chi connectivity index (χ0n) is 10.4. The lowest BCUT2D eigenvalue weighted by molar-refractivity contribution is 1.25. The van der Waals surface area contributed by atoms with E-state index in [1.807, 2.05) is 49.5 Å². The number of nitrogens with zero attached hydrogens (tertiary/aromatic N) is 2. The van der Waals surface area contributed by atoms with Gasteiger partial charge in [-0.05, 0) is 31.2 Å². The summed E-state index contributed by atoms with van der Waals surface area (Å²) in [6.45, 7) is 1.97. The SMILES string of the molecule is Cc1nc(-c2ccccc2Cl)[nH]c1-c1cccnc1. The quantitative estimate of drug-likeness (QED) is 0.761. The van der Waals surface area contributed by atoms with Crippen LogP contribution in [0.25, 0.3) is 22.6 Å². The average molecular weight is 270 g/mol. The first-order chi connectivity index (χ1) is 9.25. The van der Waals surface area contributed by atoms with Crippen molar-refractivity contribution in [3.05, 3.63) is 59.5 Å². The molecule has 2 aromatic heterocycles. The third-order valence-electron chi connectivity index (χ3n) is 2.96. The first-order valence-corrected chi connectivity index (χ1v) is 6.35. The van der Waals surface area contributed by atoms with Crippen LogP contribution in [0.15, 0.2) is 48.8 Å². The fraction of sp³-hybridized carbons (Fsp3) is 0.0667. The van der Waals surface area contributed by atoms with E-state index >= 15 is 0 Å². The number of aromatic amines is 1. The summed E-state index contributed by atoms with van der Waals surface area (Å²) in [6, 6.07) is 11.6. The van der Waals surface area contributed by atoms with Gasteiger partial charge in [-0.25, -0.2) is 4.98 Å². The summed E-state index contributed by atoms with van der Waals surface area (Å²) in [6.07, 6.45) is 3.57. The van der Waals surface area contributed by atoms with E-state index in [0.29, 0.717) is 5.02 Å². The van der Waals surface area contributed by atoms with E-state index in [4.69, 9.17) is 11.6 Å². The van der Waals surface area contributed by atoms with Crippen LogP contribution < -0.4 is 0 Å². The molecule has 0 aliphatic carbocycles. The van der Waals surface area contributed by atoms with Gasteiger partial charge < -0.3 is 4.98 Å². The maximum atomic E-state index is 6.19. The van der Waals surface area contributed by atoms with Crippen LogP contribution in [0, 0.1) is 6.92 Å². The third-order valence-corrected chi connectivity index (χ3v) is 3.29. The van der Waals surface area contributed by atoms with Gasteiger partial charge in [0.15, 0.2) is 0 Å². The molecule has 0 fully saturated rings. The molecule has 1 N–H and O–H groups in total. The van der Waals surface area contributed by atoms with E-state index in [1.54, 1.807) is 6.20 Å². The summed E-state index contributed by atoms with van der Waals surface area (Å²) < 4.78 is 0. The Labute approximate surface area is 116 Å². The molecule has 0 unspecified atom stereocenters. The second kappa shape index (κ2) is 4.86. The predicted octanol–water partition coefficient (Wildman–Crippen LogP) is 4.10. The smallest absolute Gasteiger partial charge is 0.139 e. The molecule has 0 bridgehead atoms. The number of H-pyrrole nitrogens is 1. The van der Waals surface area contributed by atoms with E-state index in [2.05, 4.69) is 15.0 Å². The summed E-state index contributed by atoms with van der Waals surface area (Å²) in [7, 11) is 0. The largest absolute Gasteiger partial charge is 0.338 e. The van der Waals surface area contributed by atoms with Crippen LogP contribution in [0.2, 0.25) is 5.02 Å². The molecule has 0 spiro atoms. The minimum Gasteiger partial charge on any atom is -0.338 e. The standard InChI is InChI=1S/C15H12ClN3/c1-10-14(11-5-4-8-17-9-11)19-15(18-10)12-6-2-3-7-13(12)16/h2-9H,1H3,(H,18,19). The second-order valence-corrected chi connectivity index (χ2v) is 4.67. The molecule has 4 heteroatoms. The average Bonchev–Trinajstić information content (AvgIpc) is 2.82. The summed E-state index contributed by atoms with van der Waals surface area (Å²) >= 11 is 6.19. The first kappa shape index (κ1) is 11.9. The Bertz CT molecular complexity index is 704. The molecule has 0 atom stereocenters. The number of aromatic nitrogens is 3. The molecule has 0 saturated heterocycles. The Balaban J connectivity index is 2.10. The Kier molecular flexibility index (Phi) is 3.05. The number of imidazole rings is 1. The Morgan fingerprint density at radius 3 is 2.68 bits per heavy atom. The van der Waals surface area contributed by atoms with Crippen LogP contribution in [0.4, 0.5) is 0 Å². The highest BCUT2D eigenvalue weighted by Crippen LogP contribution is 2.29. The highest BCUT2D eigenvalue weighted by atomic mass is 35.5. The van der Waals surface area contributed by atoms with Crippen LogP contribution in [0.5, 0.6) is 0 Å². The molecule has 0 aliphatic rings. The number of hydrogen-bond acceptors (Lipinski definition) is 2. The number of rotatable bonds is 2. The molecule has 3 nitrogen and oxygen atoms in total. The van der Waals surface area contributed by atoms with Crippen LogP contribution in [0.1, 0.15) is 5.69 Å². The topological polar surface area (TPSA) is 41.6 Å². The Hall–Kier alpha value is -2.13. The van der Waals surface area contributed by atoms with Gasteiger partial charge in [0.05, 0.1) is 16.4 Å². The second-order valence-electron chi connectivity index (χ2n) is 4.27. The van der Waals surface area contributed by atoms with Crippen LogP contribution in [0.3, 0.4) is 0 Å². The van der Waals surface area contributed by atoms with Gasteiger partial charge in [-0.15, -0.1) is 0 Å². The summed E-state index contributed by atoms with van der Waals surface area (Å²) in [5.41, 5.74) is 3.83.